The third kappa shape index (κ3) is 3.33. The van der Waals surface area contributed by atoms with Gasteiger partial charge in [-0.05, 0) is 11.6 Å². The lowest BCUT2D eigenvalue weighted by Crippen LogP contribution is -2.47. The van der Waals surface area contributed by atoms with Crippen molar-refractivity contribution in [1.29, 1.82) is 0 Å². The molecule has 1 fully saturated rings. The summed E-state index contributed by atoms with van der Waals surface area (Å²) in [6, 6.07) is 8.00. The van der Waals surface area contributed by atoms with Gasteiger partial charge in [0.2, 0.25) is 5.91 Å². The van der Waals surface area contributed by atoms with Gasteiger partial charge in [0, 0.05) is 25.2 Å². The van der Waals surface area contributed by atoms with Crippen LogP contribution in [-0.4, -0.2) is 37.0 Å². The summed E-state index contributed by atoms with van der Waals surface area (Å²) in [7, 11) is 0. The molecule has 1 saturated heterocycles. The van der Waals surface area contributed by atoms with E-state index in [0.717, 1.165) is 30.8 Å². The van der Waals surface area contributed by atoms with Gasteiger partial charge in [-0.25, -0.2) is 0 Å². The first kappa shape index (κ1) is 12.6. The van der Waals surface area contributed by atoms with Crippen LogP contribution in [0.4, 0.5) is 0 Å². The summed E-state index contributed by atoms with van der Waals surface area (Å²) >= 11 is 0. The average Bonchev–Trinajstić information content (AvgIpc) is 2.38. The lowest BCUT2D eigenvalue weighted by atomic mass is 10.1. The molecule has 2 rings (SSSR count). The highest BCUT2D eigenvalue weighted by atomic mass is 16.2. The maximum absolute atomic E-state index is 11.3. The van der Waals surface area contributed by atoms with Crippen molar-refractivity contribution >= 4 is 5.91 Å². The minimum absolute atomic E-state index is 0.0896. The Morgan fingerprint density at radius 1 is 1.39 bits per heavy atom. The minimum Gasteiger partial charge on any atom is -0.354 e. The van der Waals surface area contributed by atoms with E-state index in [1.807, 2.05) is 24.3 Å². The summed E-state index contributed by atoms with van der Waals surface area (Å²) in [6.45, 7) is 3.17. The first-order chi connectivity index (χ1) is 8.79. The number of benzene rings is 1. The monoisotopic (exact) mass is 243 g/mol. The molecular weight excluding hydrogens is 226 g/mol. The van der Waals surface area contributed by atoms with Crippen LogP contribution < -0.4 is 11.1 Å². The highest BCUT2D eigenvalue weighted by Gasteiger charge is 2.16. The molecule has 4 nitrogen and oxygen atoms in total. The zero-order valence-corrected chi connectivity index (χ0v) is 10.3. The van der Waals surface area contributed by atoms with E-state index in [1.165, 1.54) is 0 Å². The van der Waals surface area contributed by atoms with E-state index in [1.54, 1.807) is 0 Å². The van der Waals surface area contributed by atoms with Crippen LogP contribution >= 0.6 is 0 Å². The van der Waals surface area contributed by atoms with Gasteiger partial charge in [-0.15, -0.1) is 0 Å². The number of piperazine rings is 1. The number of hydrogen-bond donors (Lipinski definition) is 2. The molecule has 0 unspecified atom stereocenters. The van der Waals surface area contributed by atoms with Gasteiger partial charge in [0.05, 0.1) is 13.1 Å². The van der Waals surface area contributed by atoms with Crippen molar-refractivity contribution in [2.75, 3.05) is 26.2 Å². The molecular formula is C14H17N3O. The number of nitrogens with one attached hydrogen (secondary N) is 1. The maximum atomic E-state index is 11.3. The SMILES string of the molecule is NCC#Cc1ccccc1CN1CCNC(=O)C1. The van der Waals surface area contributed by atoms with Gasteiger partial charge in [0.1, 0.15) is 0 Å². The molecule has 4 heteroatoms. The summed E-state index contributed by atoms with van der Waals surface area (Å²) in [5.74, 6) is 6.03. The molecule has 0 atom stereocenters. The standard InChI is InChI=1S/C14H17N3O/c15-7-3-6-12-4-1-2-5-13(12)10-17-9-8-16-14(18)11-17/h1-2,4-5H,7-11,15H2,(H,16,18). The summed E-state index contributed by atoms with van der Waals surface area (Å²) in [5.41, 5.74) is 7.53. The molecule has 0 spiro atoms. The Kier molecular flexibility index (Phi) is 4.35. The molecule has 1 aromatic rings. The fraction of sp³-hybridized carbons (Fsp3) is 0.357. The minimum atomic E-state index is 0.0896. The topological polar surface area (TPSA) is 58.4 Å². The first-order valence-corrected chi connectivity index (χ1v) is 6.05. The van der Waals surface area contributed by atoms with Crippen LogP contribution in [0.2, 0.25) is 0 Å². The second kappa shape index (κ2) is 6.20. The molecule has 1 heterocycles. The lowest BCUT2D eigenvalue weighted by molar-refractivity contribution is -0.124. The number of amides is 1. The van der Waals surface area contributed by atoms with E-state index in [9.17, 15) is 4.79 Å². The molecule has 1 aromatic carbocycles. The van der Waals surface area contributed by atoms with E-state index in [4.69, 9.17) is 5.73 Å². The van der Waals surface area contributed by atoms with Crippen LogP contribution in [0.3, 0.4) is 0 Å². The zero-order chi connectivity index (χ0) is 12.8. The summed E-state index contributed by atoms with van der Waals surface area (Å²) < 4.78 is 0. The van der Waals surface area contributed by atoms with Gasteiger partial charge >= 0.3 is 0 Å². The third-order valence-corrected chi connectivity index (χ3v) is 2.85. The summed E-state index contributed by atoms with van der Waals surface area (Å²) in [6.07, 6.45) is 0. The van der Waals surface area contributed by atoms with E-state index < -0.39 is 0 Å². The predicted octanol–water partition coefficient (Wildman–Crippen LogP) is -0.0714. The maximum Gasteiger partial charge on any atom is 0.234 e. The highest BCUT2D eigenvalue weighted by molar-refractivity contribution is 5.78. The van der Waals surface area contributed by atoms with E-state index in [0.29, 0.717) is 13.1 Å². The average molecular weight is 243 g/mol. The zero-order valence-electron chi connectivity index (χ0n) is 10.3. The Morgan fingerprint density at radius 3 is 3.00 bits per heavy atom. The van der Waals surface area contributed by atoms with Gasteiger partial charge < -0.3 is 11.1 Å². The van der Waals surface area contributed by atoms with Crippen molar-refractivity contribution in [3.8, 4) is 11.8 Å². The number of nitrogens with zero attached hydrogens (tertiary/aromatic N) is 1. The molecule has 0 aliphatic carbocycles. The van der Waals surface area contributed by atoms with Crippen molar-refractivity contribution < 1.29 is 4.79 Å². The highest BCUT2D eigenvalue weighted by Crippen LogP contribution is 2.11. The van der Waals surface area contributed by atoms with Gasteiger partial charge in [-0.2, -0.15) is 0 Å². The van der Waals surface area contributed by atoms with Gasteiger partial charge in [0.15, 0.2) is 0 Å². The van der Waals surface area contributed by atoms with Crippen LogP contribution in [0, 0.1) is 11.8 Å². The van der Waals surface area contributed by atoms with Crippen molar-refractivity contribution in [3.63, 3.8) is 0 Å². The van der Waals surface area contributed by atoms with Crippen LogP contribution in [0.25, 0.3) is 0 Å². The Balaban J connectivity index is 2.10. The normalized spacial score (nSPS) is 15.7. The number of carbonyl (C=O) groups excluding carboxylic acids is 1. The van der Waals surface area contributed by atoms with E-state index >= 15 is 0 Å². The van der Waals surface area contributed by atoms with Gasteiger partial charge in [0.25, 0.3) is 0 Å². The number of carbonyl (C=O) groups is 1. The number of nitrogens with two attached hydrogens (primary N) is 1. The van der Waals surface area contributed by atoms with E-state index in [2.05, 4.69) is 22.1 Å². The second-order valence-electron chi connectivity index (χ2n) is 4.22. The van der Waals surface area contributed by atoms with Crippen molar-refractivity contribution in [1.82, 2.24) is 10.2 Å². The summed E-state index contributed by atoms with van der Waals surface area (Å²) in [4.78, 5) is 13.5. The molecule has 0 radical (unpaired) electrons. The van der Waals surface area contributed by atoms with Crippen LogP contribution in [0.5, 0.6) is 0 Å². The van der Waals surface area contributed by atoms with Crippen molar-refractivity contribution in [2.24, 2.45) is 5.73 Å². The van der Waals surface area contributed by atoms with Crippen LogP contribution in [0.15, 0.2) is 24.3 Å². The Morgan fingerprint density at radius 2 is 2.22 bits per heavy atom. The van der Waals surface area contributed by atoms with Gasteiger partial charge in [-0.1, -0.05) is 30.0 Å². The smallest absolute Gasteiger partial charge is 0.234 e. The van der Waals surface area contributed by atoms with E-state index in [-0.39, 0.29) is 5.91 Å². The molecule has 0 saturated carbocycles. The van der Waals surface area contributed by atoms with Crippen molar-refractivity contribution in [3.05, 3.63) is 35.4 Å². The molecule has 94 valence electrons. The molecule has 1 amide bonds. The van der Waals surface area contributed by atoms with Crippen molar-refractivity contribution in [2.45, 2.75) is 6.54 Å². The second-order valence-corrected chi connectivity index (χ2v) is 4.22. The quantitative estimate of drug-likeness (QED) is 0.715. The predicted molar refractivity (Wildman–Crippen MR) is 70.7 cm³/mol. The Labute approximate surface area is 107 Å². The Bertz CT molecular complexity index is 487. The fourth-order valence-electron chi connectivity index (χ4n) is 1.99. The molecule has 0 bridgehead atoms. The largest absolute Gasteiger partial charge is 0.354 e. The molecule has 18 heavy (non-hydrogen) atoms. The molecule has 1 aliphatic rings. The van der Waals surface area contributed by atoms with Crippen LogP contribution in [0.1, 0.15) is 11.1 Å². The molecule has 3 N–H and O–H groups in total. The number of hydrogen-bond acceptors (Lipinski definition) is 3. The third-order valence-electron chi connectivity index (χ3n) is 2.85. The van der Waals surface area contributed by atoms with Crippen LogP contribution in [-0.2, 0) is 11.3 Å². The fourth-order valence-corrected chi connectivity index (χ4v) is 1.99. The first-order valence-electron chi connectivity index (χ1n) is 6.05. The number of rotatable bonds is 2. The Hall–Kier alpha value is -1.83. The summed E-state index contributed by atoms with van der Waals surface area (Å²) in [5, 5.41) is 2.82. The molecule has 1 aliphatic heterocycles. The van der Waals surface area contributed by atoms with Gasteiger partial charge in [-0.3, -0.25) is 9.69 Å². The lowest BCUT2D eigenvalue weighted by Gasteiger charge is -2.26. The molecule has 0 aromatic heterocycles.